The van der Waals surface area contributed by atoms with Crippen LogP contribution < -0.4 is 15.2 Å². The second-order valence-electron chi connectivity index (χ2n) is 3.49. The Bertz CT molecular complexity index is 298. The molecule has 4 N–H and O–H groups in total. The molecule has 0 aliphatic carbocycles. The normalized spacial score (nSPS) is 12.8. The molecule has 0 spiro atoms. The molecule has 0 rings (SSSR count). The lowest BCUT2D eigenvalue weighted by Crippen LogP contribution is -2.55. The van der Waals surface area contributed by atoms with Crippen LogP contribution in [0.4, 0.5) is 0 Å². The van der Waals surface area contributed by atoms with Crippen molar-refractivity contribution in [2.75, 3.05) is 6.54 Å². The highest BCUT2D eigenvalue weighted by Gasteiger charge is 2.26. The summed E-state index contributed by atoms with van der Waals surface area (Å²) in [6.07, 6.45) is 0.731. The van der Waals surface area contributed by atoms with E-state index in [1.807, 2.05) is 6.92 Å². The van der Waals surface area contributed by atoms with Gasteiger partial charge < -0.3 is 5.73 Å². The van der Waals surface area contributed by atoms with E-state index in [4.69, 9.17) is 18.0 Å². The highest BCUT2D eigenvalue weighted by Crippen LogP contribution is 2.03. The van der Waals surface area contributed by atoms with E-state index in [1.165, 1.54) is 0 Å². The second kappa shape index (κ2) is 5.01. The Morgan fingerprint density at radius 1 is 1.50 bits per heavy atom. The van der Waals surface area contributed by atoms with E-state index >= 15 is 0 Å². The maximum Gasteiger partial charge on any atom is 0.277 e. The van der Waals surface area contributed by atoms with Crippen LogP contribution in [-0.2, 0) is 10.2 Å². The molecule has 0 bridgehead atoms. The fraction of sp³-hybridized carbons (Fsp3) is 0.857. The molecule has 0 heterocycles. The summed E-state index contributed by atoms with van der Waals surface area (Å²) in [6, 6.07) is 0. The van der Waals surface area contributed by atoms with E-state index in [0.29, 0.717) is 6.54 Å². The summed E-state index contributed by atoms with van der Waals surface area (Å²) in [5.74, 6) is 0. The zero-order valence-corrected chi connectivity index (χ0v) is 10.3. The molecule has 0 saturated heterocycles. The molecule has 0 aliphatic heterocycles. The Morgan fingerprint density at radius 3 is 2.36 bits per heavy atom. The van der Waals surface area contributed by atoms with Gasteiger partial charge in [-0.1, -0.05) is 19.1 Å². The van der Waals surface area contributed by atoms with Crippen LogP contribution >= 0.6 is 12.2 Å². The highest BCUT2D eigenvalue weighted by molar-refractivity contribution is 7.87. The van der Waals surface area contributed by atoms with E-state index in [9.17, 15) is 8.42 Å². The maximum atomic E-state index is 11.4. The molecule has 0 fully saturated rings. The molecular weight excluding hydrogens is 222 g/mol. The molecule has 7 heteroatoms. The third-order valence-electron chi connectivity index (χ3n) is 1.55. The Kier molecular flexibility index (Phi) is 4.93. The van der Waals surface area contributed by atoms with Gasteiger partial charge in [0.1, 0.15) is 0 Å². The van der Waals surface area contributed by atoms with Crippen LogP contribution in [0.15, 0.2) is 0 Å². The average Bonchev–Trinajstić information content (AvgIpc) is 1.99. The summed E-state index contributed by atoms with van der Waals surface area (Å²) in [7, 11) is -3.51. The third kappa shape index (κ3) is 4.85. The third-order valence-corrected chi connectivity index (χ3v) is 3.42. The largest absolute Gasteiger partial charge is 0.392 e. The van der Waals surface area contributed by atoms with Gasteiger partial charge in [0, 0.05) is 6.54 Å². The molecule has 5 nitrogen and oxygen atoms in total. The van der Waals surface area contributed by atoms with Crippen LogP contribution in [0.2, 0.25) is 0 Å². The number of rotatable bonds is 6. The van der Waals surface area contributed by atoms with Crippen molar-refractivity contribution in [3.05, 3.63) is 0 Å². The minimum absolute atomic E-state index is 0.111. The van der Waals surface area contributed by atoms with Crippen LogP contribution in [0, 0.1) is 0 Å². The average molecular weight is 239 g/mol. The number of nitrogens with two attached hydrogens (primary N) is 1. The number of nitrogens with one attached hydrogen (secondary N) is 2. The van der Waals surface area contributed by atoms with Crippen LogP contribution in [0.5, 0.6) is 0 Å². The van der Waals surface area contributed by atoms with Gasteiger partial charge in [-0.3, -0.25) is 0 Å². The first-order valence-corrected chi connectivity index (χ1v) is 6.19. The smallest absolute Gasteiger partial charge is 0.277 e. The molecule has 14 heavy (non-hydrogen) atoms. The van der Waals surface area contributed by atoms with Gasteiger partial charge in [0.25, 0.3) is 10.2 Å². The molecule has 0 saturated carbocycles. The lowest BCUT2D eigenvalue weighted by Gasteiger charge is -2.24. The minimum atomic E-state index is -3.51. The first-order chi connectivity index (χ1) is 6.21. The molecule has 0 radical (unpaired) electrons. The monoisotopic (exact) mass is 239 g/mol. The molecule has 0 atom stereocenters. The quantitative estimate of drug-likeness (QED) is 0.564. The van der Waals surface area contributed by atoms with Crippen LogP contribution in [-0.4, -0.2) is 25.5 Å². The van der Waals surface area contributed by atoms with Gasteiger partial charge in [-0.25, -0.2) is 4.72 Å². The summed E-state index contributed by atoms with van der Waals surface area (Å²) >= 11 is 4.74. The molecule has 0 aromatic rings. The fourth-order valence-corrected chi connectivity index (χ4v) is 2.10. The van der Waals surface area contributed by atoms with Crippen LogP contribution in [0.1, 0.15) is 27.2 Å². The summed E-state index contributed by atoms with van der Waals surface area (Å²) in [5.41, 5.74) is 4.47. The van der Waals surface area contributed by atoms with Crippen molar-refractivity contribution in [1.82, 2.24) is 9.44 Å². The summed E-state index contributed by atoms with van der Waals surface area (Å²) in [5, 5.41) is 0. The van der Waals surface area contributed by atoms with Crippen molar-refractivity contribution in [3.8, 4) is 0 Å². The Morgan fingerprint density at radius 2 is 2.00 bits per heavy atom. The zero-order chi connectivity index (χ0) is 11.4. The maximum absolute atomic E-state index is 11.4. The predicted octanol–water partition coefficient (Wildman–Crippen LogP) is -0.115. The lowest BCUT2D eigenvalue weighted by molar-refractivity contribution is 0.533. The van der Waals surface area contributed by atoms with Gasteiger partial charge in [0.2, 0.25) is 0 Å². The SMILES string of the molecule is CCCNS(=O)(=O)NC(C)(C)C(N)=S. The number of thiocarbonyl (C=S) groups is 1. The van der Waals surface area contributed by atoms with Crippen molar-refractivity contribution in [3.63, 3.8) is 0 Å². The molecular formula is C7H17N3O2S2. The first kappa shape index (κ1) is 13.8. The van der Waals surface area contributed by atoms with Gasteiger partial charge >= 0.3 is 0 Å². The topological polar surface area (TPSA) is 84.2 Å². The number of hydrogen-bond donors (Lipinski definition) is 3. The molecule has 0 unspecified atom stereocenters. The molecule has 84 valence electrons. The summed E-state index contributed by atoms with van der Waals surface area (Å²) in [4.78, 5) is 0.111. The molecule has 0 aromatic carbocycles. The lowest BCUT2D eigenvalue weighted by atomic mass is 10.1. The molecule has 0 amide bonds. The Balaban J connectivity index is 4.43. The summed E-state index contributed by atoms with van der Waals surface area (Å²) in [6.45, 7) is 5.49. The van der Waals surface area contributed by atoms with Gasteiger partial charge in [0.15, 0.2) is 0 Å². The standard InChI is InChI=1S/C7H17N3O2S2/c1-4-5-9-14(11,12)10-7(2,3)6(8)13/h9-10H,4-5H2,1-3H3,(H2,8,13). The van der Waals surface area contributed by atoms with Gasteiger partial charge in [-0.2, -0.15) is 13.1 Å². The Labute approximate surface area is 90.6 Å². The van der Waals surface area contributed by atoms with E-state index in [2.05, 4.69) is 9.44 Å². The minimum Gasteiger partial charge on any atom is -0.392 e. The highest BCUT2D eigenvalue weighted by atomic mass is 32.2. The fourth-order valence-electron chi connectivity index (χ4n) is 0.659. The van der Waals surface area contributed by atoms with Crippen molar-refractivity contribution < 1.29 is 8.42 Å². The molecule has 0 aromatic heterocycles. The predicted molar refractivity (Wildman–Crippen MR) is 61.2 cm³/mol. The van der Waals surface area contributed by atoms with E-state index < -0.39 is 15.7 Å². The van der Waals surface area contributed by atoms with Crippen molar-refractivity contribution in [2.24, 2.45) is 5.73 Å². The van der Waals surface area contributed by atoms with E-state index in [1.54, 1.807) is 13.8 Å². The van der Waals surface area contributed by atoms with Crippen molar-refractivity contribution >= 4 is 27.4 Å². The van der Waals surface area contributed by atoms with Gasteiger partial charge in [-0.15, -0.1) is 0 Å². The van der Waals surface area contributed by atoms with Crippen LogP contribution in [0.3, 0.4) is 0 Å². The van der Waals surface area contributed by atoms with E-state index in [0.717, 1.165) is 6.42 Å². The van der Waals surface area contributed by atoms with Gasteiger partial charge in [-0.05, 0) is 20.3 Å². The zero-order valence-electron chi connectivity index (χ0n) is 8.62. The molecule has 0 aliphatic rings. The van der Waals surface area contributed by atoms with Crippen molar-refractivity contribution in [2.45, 2.75) is 32.7 Å². The second-order valence-corrected chi connectivity index (χ2v) is 5.43. The van der Waals surface area contributed by atoms with Crippen molar-refractivity contribution in [1.29, 1.82) is 0 Å². The van der Waals surface area contributed by atoms with Crippen LogP contribution in [0.25, 0.3) is 0 Å². The van der Waals surface area contributed by atoms with Gasteiger partial charge in [0.05, 0.1) is 10.5 Å². The van der Waals surface area contributed by atoms with E-state index in [-0.39, 0.29) is 4.99 Å². The summed E-state index contributed by atoms with van der Waals surface area (Å²) < 4.78 is 27.5. The Hall–Kier alpha value is -0.240. The first-order valence-electron chi connectivity index (χ1n) is 4.30. The number of hydrogen-bond acceptors (Lipinski definition) is 3.